The molecule has 0 heterocycles. The number of rotatable bonds is 8. The first-order chi connectivity index (χ1) is 7.29. The first-order valence-electron chi connectivity index (χ1n) is 6.25. The molecule has 1 atom stereocenters. The third-order valence-electron chi connectivity index (χ3n) is 2.88. The van der Waals surface area contributed by atoms with Crippen LogP contribution in [0.3, 0.4) is 0 Å². The molecule has 0 nitrogen and oxygen atoms in total. The Bertz CT molecular complexity index is 208. The molecule has 0 aromatic rings. The van der Waals surface area contributed by atoms with Crippen molar-refractivity contribution in [2.24, 2.45) is 5.92 Å². The Labute approximate surface area is 95.8 Å². The van der Waals surface area contributed by atoms with Crippen LogP contribution in [0.4, 0.5) is 0 Å². The summed E-state index contributed by atoms with van der Waals surface area (Å²) in [7, 11) is 0. The van der Waals surface area contributed by atoms with Crippen molar-refractivity contribution in [3.05, 3.63) is 36.5 Å². The predicted molar refractivity (Wildman–Crippen MR) is 71.0 cm³/mol. The number of allylic oxidation sites excluding steroid dienone is 5. The molecule has 0 spiro atoms. The van der Waals surface area contributed by atoms with Gasteiger partial charge in [0, 0.05) is 0 Å². The summed E-state index contributed by atoms with van der Waals surface area (Å²) >= 11 is 0. The van der Waals surface area contributed by atoms with E-state index in [0.29, 0.717) is 0 Å². The molecule has 0 rings (SSSR count). The third-order valence-corrected chi connectivity index (χ3v) is 2.88. The van der Waals surface area contributed by atoms with Crippen molar-refractivity contribution in [2.75, 3.05) is 0 Å². The zero-order chi connectivity index (χ0) is 11.5. The first kappa shape index (κ1) is 14.2. The molecule has 0 fully saturated rings. The van der Waals surface area contributed by atoms with Crippen molar-refractivity contribution in [2.45, 2.75) is 52.9 Å². The summed E-state index contributed by atoms with van der Waals surface area (Å²) in [5.41, 5.74) is 1.47. The van der Waals surface area contributed by atoms with Gasteiger partial charge in [0.2, 0.25) is 0 Å². The van der Waals surface area contributed by atoms with E-state index in [0.717, 1.165) is 5.92 Å². The van der Waals surface area contributed by atoms with Crippen LogP contribution in [0.2, 0.25) is 0 Å². The Balaban J connectivity index is 4.22. The summed E-state index contributed by atoms with van der Waals surface area (Å²) in [5.74, 6) is 0.734. The molecule has 0 aromatic heterocycles. The number of hydrogen-bond donors (Lipinski definition) is 0. The van der Waals surface area contributed by atoms with Crippen molar-refractivity contribution in [1.82, 2.24) is 0 Å². The minimum atomic E-state index is 0.734. The van der Waals surface area contributed by atoms with Crippen LogP contribution in [-0.2, 0) is 0 Å². The molecule has 0 aliphatic heterocycles. The monoisotopic (exact) mass is 206 g/mol. The van der Waals surface area contributed by atoms with Gasteiger partial charge in [-0.2, -0.15) is 0 Å². The fourth-order valence-electron chi connectivity index (χ4n) is 1.89. The van der Waals surface area contributed by atoms with Gasteiger partial charge in [0.25, 0.3) is 0 Å². The standard InChI is InChI=1S/C15H26/c1-5-9-11-13-15(8-4)14(7-3)12-10-6-2/h6-7,10,12,15H,2,5,8-9,11,13H2,1,3-4H3/b12-10-,14-7+. The maximum absolute atomic E-state index is 3.71. The zero-order valence-corrected chi connectivity index (χ0v) is 10.6. The molecule has 0 N–H and O–H groups in total. The smallest absolute Gasteiger partial charge is 0.0168 e. The minimum Gasteiger partial charge on any atom is -0.0991 e. The second-order valence-electron chi connectivity index (χ2n) is 3.98. The van der Waals surface area contributed by atoms with E-state index >= 15 is 0 Å². The lowest BCUT2D eigenvalue weighted by molar-refractivity contribution is 0.511. The summed E-state index contributed by atoms with van der Waals surface area (Å²) in [6.45, 7) is 10.4. The number of hydrogen-bond acceptors (Lipinski definition) is 0. The molecule has 0 aromatic carbocycles. The van der Waals surface area contributed by atoms with Crippen LogP contribution in [0.15, 0.2) is 36.5 Å². The lowest BCUT2D eigenvalue weighted by Gasteiger charge is -2.15. The van der Waals surface area contributed by atoms with E-state index in [-0.39, 0.29) is 0 Å². The van der Waals surface area contributed by atoms with Gasteiger partial charge in [-0.25, -0.2) is 0 Å². The van der Waals surface area contributed by atoms with Crippen LogP contribution in [0.5, 0.6) is 0 Å². The average molecular weight is 206 g/mol. The zero-order valence-electron chi connectivity index (χ0n) is 10.6. The van der Waals surface area contributed by atoms with Crippen LogP contribution in [0, 0.1) is 5.92 Å². The topological polar surface area (TPSA) is 0 Å². The summed E-state index contributed by atoms with van der Waals surface area (Å²) < 4.78 is 0. The van der Waals surface area contributed by atoms with Gasteiger partial charge in [-0.15, -0.1) is 0 Å². The van der Waals surface area contributed by atoms with Gasteiger partial charge >= 0.3 is 0 Å². The van der Waals surface area contributed by atoms with E-state index in [4.69, 9.17) is 0 Å². The normalized spacial score (nSPS) is 14.5. The predicted octanol–water partition coefficient (Wildman–Crippen LogP) is 5.28. The highest BCUT2D eigenvalue weighted by molar-refractivity contribution is 5.23. The molecule has 1 unspecified atom stereocenters. The van der Waals surface area contributed by atoms with Gasteiger partial charge in [-0.1, -0.05) is 64.0 Å². The van der Waals surface area contributed by atoms with Gasteiger partial charge in [0.15, 0.2) is 0 Å². The molecule has 0 saturated carbocycles. The first-order valence-corrected chi connectivity index (χ1v) is 6.25. The van der Waals surface area contributed by atoms with Crippen LogP contribution in [0.25, 0.3) is 0 Å². The van der Waals surface area contributed by atoms with Crippen molar-refractivity contribution >= 4 is 0 Å². The molecule has 0 aliphatic rings. The fraction of sp³-hybridized carbons (Fsp3) is 0.600. The second-order valence-corrected chi connectivity index (χ2v) is 3.98. The number of unbranched alkanes of at least 4 members (excludes halogenated alkanes) is 2. The van der Waals surface area contributed by atoms with Crippen molar-refractivity contribution in [1.29, 1.82) is 0 Å². The molecule has 15 heavy (non-hydrogen) atoms. The van der Waals surface area contributed by atoms with Gasteiger partial charge in [-0.3, -0.25) is 0 Å². The average Bonchev–Trinajstić information content (AvgIpc) is 2.27. The molecule has 0 amide bonds. The fourth-order valence-corrected chi connectivity index (χ4v) is 1.89. The summed E-state index contributed by atoms with van der Waals surface area (Å²) in [4.78, 5) is 0. The Morgan fingerprint density at radius 3 is 2.47 bits per heavy atom. The quantitative estimate of drug-likeness (QED) is 0.374. The molecule has 0 aliphatic carbocycles. The summed E-state index contributed by atoms with van der Waals surface area (Å²) in [5, 5.41) is 0. The maximum atomic E-state index is 3.71. The van der Waals surface area contributed by atoms with Gasteiger partial charge in [0.1, 0.15) is 0 Å². The Morgan fingerprint density at radius 1 is 1.27 bits per heavy atom. The molecule has 0 saturated heterocycles. The summed E-state index contributed by atoms with van der Waals surface area (Å²) in [6.07, 6.45) is 14.9. The highest BCUT2D eigenvalue weighted by atomic mass is 14.1. The largest absolute Gasteiger partial charge is 0.0991 e. The Morgan fingerprint density at radius 2 is 2.00 bits per heavy atom. The molecule has 0 heteroatoms. The third kappa shape index (κ3) is 6.33. The minimum absolute atomic E-state index is 0.734. The van der Waals surface area contributed by atoms with Crippen molar-refractivity contribution in [3.8, 4) is 0 Å². The lowest BCUT2D eigenvalue weighted by atomic mass is 9.90. The van der Waals surface area contributed by atoms with Gasteiger partial charge in [-0.05, 0) is 31.3 Å². The van der Waals surface area contributed by atoms with E-state index in [1.54, 1.807) is 0 Å². The van der Waals surface area contributed by atoms with Gasteiger partial charge in [0.05, 0.1) is 0 Å². The van der Waals surface area contributed by atoms with Crippen LogP contribution >= 0.6 is 0 Å². The van der Waals surface area contributed by atoms with Crippen molar-refractivity contribution in [3.63, 3.8) is 0 Å². The molecule has 0 bridgehead atoms. The van der Waals surface area contributed by atoms with Crippen LogP contribution in [-0.4, -0.2) is 0 Å². The Kier molecular flexibility index (Phi) is 9.26. The molecular formula is C15H26. The van der Waals surface area contributed by atoms with E-state index < -0.39 is 0 Å². The van der Waals surface area contributed by atoms with E-state index in [2.05, 4.69) is 39.5 Å². The second kappa shape index (κ2) is 9.76. The van der Waals surface area contributed by atoms with Crippen molar-refractivity contribution < 1.29 is 0 Å². The van der Waals surface area contributed by atoms with E-state index in [1.165, 1.54) is 37.7 Å². The molecular weight excluding hydrogens is 180 g/mol. The highest BCUT2D eigenvalue weighted by Gasteiger charge is 2.08. The van der Waals surface area contributed by atoms with Crippen LogP contribution in [0.1, 0.15) is 52.9 Å². The summed E-state index contributed by atoms with van der Waals surface area (Å²) in [6, 6.07) is 0. The SMILES string of the molecule is C=C/C=C\C(=C/C)C(CC)CCCCC. The van der Waals surface area contributed by atoms with E-state index in [9.17, 15) is 0 Å². The Hall–Kier alpha value is -0.780. The van der Waals surface area contributed by atoms with Gasteiger partial charge < -0.3 is 0 Å². The molecule has 0 radical (unpaired) electrons. The molecule has 86 valence electrons. The lowest BCUT2D eigenvalue weighted by Crippen LogP contribution is -2.01. The van der Waals surface area contributed by atoms with E-state index in [1.807, 2.05) is 12.2 Å². The van der Waals surface area contributed by atoms with Crippen LogP contribution < -0.4 is 0 Å². The maximum Gasteiger partial charge on any atom is -0.0168 e. The highest BCUT2D eigenvalue weighted by Crippen LogP contribution is 2.23.